The van der Waals surface area contributed by atoms with Gasteiger partial charge in [-0.05, 0) is 40.0 Å². The zero-order chi connectivity index (χ0) is 17.2. The minimum atomic E-state index is -0.869. The number of rotatable bonds is 0. The SMILES string of the molecule is CP(C)C.CP(C)C.[CH]1C=CC=C1.[Cl][Ta]#[C]c1ccccc1. The second kappa shape index (κ2) is 19.4. The predicted octanol–water partition coefficient (Wildman–Crippen LogP) is 6.26. The fourth-order valence-electron chi connectivity index (χ4n) is 0.882. The van der Waals surface area contributed by atoms with Gasteiger partial charge < -0.3 is 0 Å². The Morgan fingerprint density at radius 3 is 1.45 bits per heavy atom. The van der Waals surface area contributed by atoms with Crippen LogP contribution in [0.3, 0.4) is 0 Å². The molecule has 1 aliphatic rings. The van der Waals surface area contributed by atoms with E-state index < -0.39 is 18.0 Å². The number of benzene rings is 1. The maximum absolute atomic E-state index is 5.61. The van der Waals surface area contributed by atoms with Gasteiger partial charge in [0.25, 0.3) is 0 Å². The number of allylic oxidation sites excluding steroid dienone is 4. The molecule has 22 heavy (non-hydrogen) atoms. The molecule has 0 spiro atoms. The van der Waals surface area contributed by atoms with E-state index in [4.69, 9.17) is 9.19 Å². The normalized spacial score (nSPS) is 10.4. The van der Waals surface area contributed by atoms with Crippen molar-refractivity contribution in [2.24, 2.45) is 0 Å². The van der Waals surface area contributed by atoms with Gasteiger partial charge in [-0.2, -0.15) is 0 Å². The number of halogens is 1. The van der Waals surface area contributed by atoms with E-state index in [1.807, 2.05) is 61.1 Å². The van der Waals surface area contributed by atoms with Crippen LogP contribution < -0.4 is 0 Å². The Bertz CT molecular complexity index is 435. The van der Waals surface area contributed by atoms with Gasteiger partial charge in [-0.25, -0.2) is 0 Å². The van der Waals surface area contributed by atoms with Gasteiger partial charge in [0.2, 0.25) is 0 Å². The van der Waals surface area contributed by atoms with Gasteiger partial charge in [0.05, 0.1) is 0 Å². The summed E-state index contributed by atoms with van der Waals surface area (Å²) in [6.45, 7) is 13.4. The van der Waals surface area contributed by atoms with Crippen LogP contribution in [0.15, 0.2) is 54.6 Å². The molecule has 4 heteroatoms. The van der Waals surface area contributed by atoms with E-state index in [2.05, 4.69) is 44.0 Å². The third-order valence-electron chi connectivity index (χ3n) is 1.50. The molecular formula is C18H28ClP2Ta. The standard InChI is InChI=1S/C7H5.C5H5.2C3H9P.ClH.Ta/c1-7-5-3-2-4-6-7;1-2-4-5-3-1;2*1-4(2)3;;/h2-6H;1-5H;2*1-3H3;1H;/q;;;;;+1/p-1. The van der Waals surface area contributed by atoms with E-state index >= 15 is 0 Å². The first-order valence-electron chi connectivity index (χ1n) is 6.90. The van der Waals surface area contributed by atoms with Gasteiger partial charge in [0.15, 0.2) is 0 Å². The molecule has 0 N–H and O–H groups in total. The molecule has 1 aliphatic carbocycles. The molecule has 0 amide bonds. The summed E-state index contributed by atoms with van der Waals surface area (Å²) in [6, 6.07) is 10.0. The van der Waals surface area contributed by atoms with E-state index in [1.165, 1.54) is 0 Å². The zero-order valence-corrected chi connectivity index (χ0v) is 20.3. The van der Waals surface area contributed by atoms with Gasteiger partial charge in [0, 0.05) is 6.42 Å². The molecule has 0 nitrogen and oxygen atoms in total. The van der Waals surface area contributed by atoms with Crippen molar-refractivity contribution in [3.63, 3.8) is 0 Å². The Morgan fingerprint density at radius 2 is 1.18 bits per heavy atom. The summed E-state index contributed by atoms with van der Waals surface area (Å²) in [4.78, 5) is 0. The molecule has 0 aromatic heterocycles. The molecule has 0 unspecified atom stereocenters. The van der Waals surface area contributed by atoms with Crippen molar-refractivity contribution in [1.29, 1.82) is 0 Å². The van der Waals surface area contributed by atoms with Crippen LogP contribution >= 0.6 is 25.0 Å². The first-order valence-corrected chi connectivity index (χ1v) is 17.9. The Kier molecular flexibility index (Phi) is 21.7. The van der Waals surface area contributed by atoms with Crippen molar-refractivity contribution in [3.05, 3.63) is 66.6 Å². The van der Waals surface area contributed by atoms with Crippen molar-refractivity contribution >= 4 is 25.0 Å². The summed E-state index contributed by atoms with van der Waals surface area (Å²) in [7, 11) is 6.36. The maximum atomic E-state index is 5.61. The van der Waals surface area contributed by atoms with E-state index in [0.717, 1.165) is 5.56 Å². The third-order valence-corrected chi connectivity index (χ3v) is 3.42. The molecule has 0 aliphatic heterocycles. The fourth-order valence-corrected chi connectivity index (χ4v) is 2.57. The molecule has 1 radical (unpaired) electrons. The molecule has 0 saturated heterocycles. The minimum absolute atomic E-state index is 0.380. The predicted molar refractivity (Wildman–Crippen MR) is 107 cm³/mol. The molecule has 122 valence electrons. The van der Waals surface area contributed by atoms with Crippen LogP contribution in [0.25, 0.3) is 0 Å². The van der Waals surface area contributed by atoms with Crippen molar-refractivity contribution in [2.75, 3.05) is 40.0 Å². The summed E-state index contributed by atoms with van der Waals surface area (Å²) in [5, 5.41) is 0. The first kappa shape index (κ1) is 24.6. The average Bonchev–Trinajstić information content (AvgIpc) is 2.98. The quantitative estimate of drug-likeness (QED) is 0.353. The zero-order valence-electron chi connectivity index (χ0n) is 14.5. The molecule has 0 heterocycles. The van der Waals surface area contributed by atoms with E-state index in [0.29, 0.717) is 15.8 Å². The molecule has 1 aromatic carbocycles. The number of hydrogen-bond acceptors (Lipinski definition) is 0. The van der Waals surface area contributed by atoms with Crippen molar-refractivity contribution in [2.45, 2.75) is 0 Å². The summed E-state index contributed by atoms with van der Waals surface area (Å²) >= 11 is -0.869. The third kappa shape index (κ3) is 28.5. The van der Waals surface area contributed by atoms with Crippen molar-refractivity contribution in [3.8, 4) is 4.03 Å². The van der Waals surface area contributed by atoms with Crippen LogP contribution in [0.4, 0.5) is 0 Å². The van der Waals surface area contributed by atoms with Gasteiger partial charge in [-0.15, -0.1) is 15.8 Å². The fraction of sp³-hybridized carbons (Fsp3) is 0.333. The van der Waals surface area contributed by atoms with E-state index in [1.54, 1.807) is 0 Å². The Balaban J connectivity index is 0. The molecule has 1 aromatic rings. The van der Waals surface area contributed by atoms with Crippen molar-refractivity contribution < 1.29 is 18.0 Å². The van der Waals surface area contributed by atoms with E-state index in [-0.39, 0.29) is 0 Å². The average molecular weight is 523 g/mol. The van der Waals surface area contributed by atoms with Crippen LogP contribution in [-0.4, -0.2) is 40.0 Å². The van der Waals surface area contributed by atoms with Crippen LogP contribution in [0.2, 0.25) is 0 Å². The monoisotopic (exact) mass is 522 g/mol. The Morgan fingerprint density at radius 1 is 0.773 bits per heavy atom. The van der Waals surface area contributed by atoms with Gasteiger partial charge in [-0.1, -0.05) is 24.3 Å². The van der Waals surface area contributed by atoms with Crippen LogP contribution in [0.5, 0.6) is 0 Å². The van der Waals surface area contributed by atoms with Gasteiger partial charge in [-0.3, -0.25) is 0 Å². The van der Waals surface area contributed by atoms with Gasteiger partial charge >= 0.3 is 67.1 Å². The summed E-state index contributed by atoms with van der Waals surface area (Å²) in [6.07, 6.45) is 10.0. The van der Waals surface area contributed by atoms with Crippen LogP contribution in [-0.2, 0) is 18.0 Å². The van der Waals surface area contributed by atoms with Crippen molar-refractivity contribution in [1.82, 2.24) is 0 Å². The molecular weight excluding hydrogens is 495 g/mol. The topological polar surface area (TPSA) is 0 Å². The second-order valence-corrected chi connectivity index (χ2v) is 13.4. The molecule has 0 bridgehead atoms. The summed E-state index contributed by atoms with van der Waals surface area (Å²) in [5.41, 5.74) is 1.14. The second-order valence-electron chi connectivity index (χ2n) is 5.21. The molecule has 0 saturated carbocycles. The number of hydrogen-bond donors (Lipinski definition) is 0. The summed E-state index contributed by atoms with van der Waals surface area (Å²) in [5.74, 6) is 0. The van der Waals surface area contributed by atoms with E-state index in [9.17, 15) is 0 Å². The van der Waals surface area contributed by atoms with Crippen LogP contribution in [0, 0.1) is 10.4 Å². The van der Waals surface area contributed by atoms with Crippen LogP contribution in [0.1, 0.15) is 5.56 Å². The Labute approximate surface area is 153 Å². The van der Waals surface area contributed by atoms with Gasteiger partial charge in [0.1, 0.15) is 0 Å². The molecule has 0 atom stereocenters. The Hall–Kier alpha value is 0.370. The molecule has 0 fully saturated rings. The molecule has 2 rings (SSSR count). The first-order chi connectivity index (χ1) is 10.4. The summed E-state index contributed by atoms with van der Waals surface area (Å²) < 4.78 is 3.15.